The summed E-state index contributed by atoms with van der Waals surface area (Å²) in [7, 11) is 0. The number of carbonyl (C=O) groups excluding carboxylic acids is 1. The van der Waals surface area contributed by atoms with Crippen LogP contribution in [-0.2, 0) is 16.0 Å². The molecule has 4 nitrogen and oxygen atoms in total. The number of nitrogens with one attached hydrogen (secondary N) is 1. The van der Waals surface area contributed by atoms with E-state index in [2.05, 4.69) is 5.32 Å². The molecule has 3 atom stereocenters. The summed E-state index contributed by atoms with van der Waals surface area (Å²) < 4.78 is 0. The van der Waals surface area contributed by atoms with Gasteiger partial charge in [-0.1, -0.05) is 30.3 Å². The molecule has 3 unspecified atom stereocenters. The van der Waals surface area contributed by atoms with Crippen LogP contribution < -0.4 is 5.32 Å². The Morgan fingerprint density at radius 2 is 1.95 bits per heavy atom. The highest BCUT2D eigenvalue weighted by molar-refractivity contribution is 5.82. The Balaban J connectivity index is 1.55. The van der Waals surface area contributed by atoms with Crippen LogP contribution in [0.2, 0.25) is 0 Å². The van der Waals surface area contributed by atoms with Gasteiger partial charge in [-0.15, -0.1) is 0 Å². The lowest BCUT2D eigenvalue weighted by Crippen LogP contribution is -2.38. The molecule has 1 aromatic rings. The van der Waals surface area contributed by atoms with Gasteiger partial charge < -0.3 is 10.4 Å². The van der Waals surface area contributed by atoms with Gasteiger partial charge in [0.15, 0.2) is 0 Å². The Bertz CT molecular complexity index is 539. The minimum absolute atomic E-state index is 0.0912. The third-order valence-corrected chi connectivity index (χ3v) is 4.78. The quantitative estimate of drug-likeness (QED) is 0.775. The first kappa shape index (κ1) is 15.1. The van der Waals surface area contributed by atoms with Gasteiger partial charge in [0, 0.05) is 18.4 Å². The number of hydrogen-bond donors (Lipinski definition) is 2. The van der Waals surface area contributed by atoms with Crippen LogP contribution in [0.3, 0.4) is 0 Å². The Labute approximate surface area is 130 Å². The van der Waals surface area contributed by atoms with Crippen molar-refractivity contribution < 1.29 is 14.7 Å². The lowest BCUT2D eigenvalue weighted by molar-refractivity contribution is -0.137. The van der Waals surface area contributed by atoms with Crippen molar-refractivity contribution in [2.24, 2.45) is 17.8 Å². The maximum Gasteiger partial charge on any atom is 0.303 e. The molecule has 118 valence electrons. The molecule has 4 heteroatoms. The van der Waals surface area contributed by atoms with Crippen LogP contribution in [0.5, 0.6) is 0 Å². The van der Waals surface area contributed by atoms with Gasteiger partial charge in [-0.2, -0.15) is 0 Å². The summed E-state index contributed by atoms with van der Waals surface area (Å²) in [6.07, 6.45) is 4.85. The first-order chi connectivity index (χ1) is 10.6. The Morgan fingerprint density at radius 1 is 1.23 bits per heavy atom. The first-order valence-electron chi connectivity index (χ1n) is 8.19. The number of hydrogen-bond acceptors (Lipinski definition) is 2. The van der Waals surface area contributed by atoms with Crippen LogP contribution in [0.1, 0.15) is 37.7 Å². The SMILES string of the molecule is O=C(O)CCC(Cc1ccccc1)NC(=O)C1CC1C1CC1. The fourth-order valence-corrected chi connectivity index (χ4v) is 3.29. The zero-order chi connectivity index (χ0) is 15.5. The highest BCUT2D eigenvalue weighted by Crippen LogP contribution is 2.54. The molecule has 0 bridgehead atoms. The highest BCUT2D eigenvalue weighted by atomic mass is 16.4. The Hall–Kier alpha value is -1.84. The van der Waals surface area contributed by atoms with Gasteiger partial charge in [-0.05, 0) is 49.5 Å². The monoisotopic (exact) mass is 301 g/mol. The van der Waals surface area contributed by atoms with E-state index in [4.69, 9.17) is 5.11 Å². The van der Waals surface area contributed by atoms with E-state index in [-0.39, 0.29) is 24.3 Å². The maximum atomic E-state index is 12.3. The third kappa shape index (κ3) is 4.09. The smallest absolute Gasteiger partial charge is 0.303 e. The molecular weight excluding hydrogens is 278 g/mol. The van der Waals surface area contributed by atoms with Gasteiger partial charge in [-0.3, -0.25) is 9.59 Å². The van der Waals surface area contributed by atoms with E-state index in [9.17, 15) is 9.59 Å². The van der Waals surface area contributed by atoms with Crippen LogP contribution in [0, 0.1) is 17.8 Å². The Morgan fingerprint density at radius 3 is 2.59 bits per heavy atom. The number of amides is 1. The van der Waals surface area contributed by atoms with Gasteiger partial charge in [0.05, 0.1) is 0 Å². The fraction of sp³-hybridized carbons (Fsp3) is 0.556. The van der Waals surface area contributed by atoms with Crippen molar-refractivity contribution in [3.63, 3.8) is 0 Å². The summed E-state index contributed by atoms with van der Waals surface area (Å²) in [4.78, 5) is 23.2. The molecule has 2 aliphatic rings. The minimum Gasteiger partial charge on any atom is -0.481 e. The molecule has 1 amide bonds. The molecule has 0 aliphatic heterocycles. The molecule has 2 fully saturated rings. The van der Waals surface area contributed by atoms with Gasteiger partial charge in [0.25, 0.3) is 0 Å². The predicted octanol–water partition coefficient (Wildman–Crippen LogP) is 2.62. The van der Waals surface area contributed by atoms with Crippen molar-refractivity contribution in [1.29, 1.82) is 0 Å². The topological polar surface area (TPSA) is 66.4 Å². The standard InChI is InChI=1S/C18H23NO3/c20-17(21)9-8-14(10-12-4-2-1-3-5-12)19-18(22)16-11-15(16)13-6-7-13/h1-5,13-16H,6-11H2,(H,19,22)(H,20,21). The minimum atomic E-state index is -0.811. The van der Waals surface area contributed by atoms with Gasteiger partial charge in [0.1, 0.15) is 0 Å². The van der Waals surface area contributed by atoms with Crippen LogP contribution in [0.25, 0.3) is 0 Å². The molecule has 0 radical (unpaired) electrons. The summed E-state index contributed by atoms with van der Waals surface area (Å²) in [6.45, 7) is 0. The van der Waals surface area contributed by atoms with E-state index in [0.717, 1.165) is 17.9 Å². The number of carbonyl (C=O) groups is 2. The largest absolute Gasteiger partial charge is 0.481 e. The second-order valence-corrected chi connectivity index (χ2v) is 6.67. The lowest BCUT2D eigenvalue weighted by atomic mass is 10.0. The zero-order valence-electron chi connectivity index (χ0n) is 12.7. The van der Waals surface area contributed by atoms with Crippen LogP contribution >= 0.6 is 0 Å². The van der Waals surface area contributed by atoms with Gasteiger partial charge in [0.2, 0.25) is 5.91 Å². The van der Waals surface area contributed by atoms with E-state index < -0.39 is 5.97 Å². The number of carboxylic acids is 1. The number of aliphatic carboxylic acids is 1. The van der Waals surface area contributed by atoms with E-state index in [1.807, 2.05) is 30.3 Å². The van der Waals surface area contributed by atoms with E-state index >= 15 is 0 Å². The lowest BCUT2D eigenvalue weighted by Gasteiger charge is -2.18. The summed E-state index contributed by atoms with van der Waals surface area (Å²) in [6, 6.07) is 9.84. The molecule has 0 heterocycles. The maximum absolute atomic E-state index is 12.3. The van der Waals surface area contributed by atoms with Crippen LogP contribution in [0.4, 0.5) is 0 Å². The van der Waals surface area contributed by atoms with Gasteiger partial charge >= 0.3 is 5.97 Å². The third-order valence-electron chi connectivity index (χ3n) is 4.78. The average molecular weight is 301 g/mol. The van der Waals surface area contributed by atoms with Crippen molar-refractivity contribution in [2.75, 3.05) is 0 Å². The molecule has 22 heavy (non-hydrogen) atoms. The summed E-state index contributed by atoms with van der Waals surface area (Å²) >= 11 is 0. The van der Waals surface area contributed by atoms with E-state index in [0.29, 0.717) is 18.8 Å². The van der Waals surface area contributed by atoms with E-state index in [1.54, 1.807) is 0 Å². The summed E-state index contributed by atoms with van der Waals surface area (Å²) in [5.41, 5.74) is 1.13. The molecule has 2 N–H and O–H groups in total. The zero-order valence-corrected chi connectivity index (χ0v) is 12.7. The second-order valence-electron chi connectivity index (χ2n) is 6.67. The van der Waals surface area contributed by atoms with Crippen LogP contribution in [0.15, 0.2) is 30.3 Å². The first-order valence-corrected chi connectivity index (χ1v) is 8.19. The second kappa shape index (κ2) is 6.51. The average Bonchev–Trinajstić information content (AvgIpc) is 3.37. The molecule has 0 spiro atoms. The highest BCUT2D eigenvalue weighted by Gasteiger charge is 2.51. The number of rotatable bonds is 8. The molecular formula is C18H23NO3. The summed E-state index contributed by atoms with van der Waals surface area (Å²) in [5, 5.41) is 12.0. The molecule has 2 saturated carbocycles. The molecule has 2 aliphatic carbocycles. The van der Waals surface area contributed by atoms with E-state index in [1.165, 1.54) is 12.8 Å². The van der Waals surface area contributed by atoms with Crippen molar-refractivity contribution in [2.45, 2.75) is 44.6 Å². The number of benzene rings is 1. The van der Waals surface area contributed by atoms with Crippen molar-refractivity contribution >= 4 is 11.9 Å². The molecule has 1 aromatic carbocycles. The van der Waals surface area contributed by atoms with Crippen molar-refractivity contribution in [1.82, 2.24) is 5.32 Å². The van der Waals surface area contributed by atoms with Crippen molar-refractivity contribution in [3.05, 3.63) is 35.9 Å². The number of carboxylic acid groups (broad SMARTS) is 1. The summed E-state index contributed by atoms with van der Waals surface area (Å²) in [5.74, 6) is 0.868. The molecule has 3 rings (SSSR count). The van der Waals surface area contributed by atoms with Crippen molar-refractivity contribution in [3.8, 4) is 0 Å². The fourth-order valence-electron chi connectivity index (χ4n) is 3.29. The predicted molar refractivity (Wildman–Crippen MR) is 83.3 cm³/mol. The van der Waals surface area contributed by atoms with Gasteiger partial charge in [-0.25, -0.2) is 0 Å². The van der Waals surface area contributed by atoms with Crippen LogP contribution in [-0.4, -0.2) is 23.0 Å². The Kier molecular flexibility index (Phi) is 4.46. The normalized spacial score (nSPS) is 24.5. The molecule has 0 saturated heterocycles. The molecule has 0 aromatic heterocycles.